The lowest BCUT2D eigenvalue weighted by Gasteiger charge is -2.19. The van der Waals surface area contributed by atoms with Crippen LogP contribution >= 0.6 is 0 Å². The van der Waals surface area contributed by atoms with Crippen LogP contribution in [-0.2, 0) is 0 Å². The highest BCUT2D eigenvalue weighted by molar-refractivity contribution is 4.89. The average Bonchev–Trinajstić information content (AvgIpc) is 2.27. The first-order chi connectivity index (χ1) is 6.20. The number of hydrogen-bond acceptors (Lipinski definition) is 1. The van der Waals surface area contributed by atoms with Crippen molar-refractivity contribution in [3.63, 3.8) is 0 Å². The first kappa shape index (κ1) is 10.8. The molecule has 1 aliphatic carbocycles. The second kappa shape index (κ2) is 5.43. The van der Waals surface area contributed by atoms with Crippen LogP contribution in [0.5, 0.6) is 0 Å². The van der Waals surface area contributed by atoms with E-state index in [4.69, 9.17) is 0 Å². The van der Waals surface area contributed by atoms with Crippen LogP contribution in [0.4, 0.5) is 0 Å². The first-order valence-corrected chi connectivity index (χ1v) is 5.52. The molecule has 0 saturated heterocycles. The van der Waals surface area contributed by atoms with E-state index in [1.54, 1.807) is 0 Å². The molecule has 1 aliphatic rings. The Morgan fingerprint density at radius 2 is 2.00 bits per heavy atom. The van der Waals surface area contributed by atoms with Gasteiger partial charge in [0.25, 0.3) is 0 Å². The molecule has 0 radical (unpaired) electrons. The van der Waals surface area contributed by atoms with Crippen LogP contribution in [0.1, 0.15) is 51.9 Å². The monoisotopic (exact) mass is 182 g/mol. The standard InChI is InChI=1S/C12H22O/c1-10(2)8-9-11-6-4-3-5-7-12(11)13/h11-13H,1,3-9H2,2H3/t11-,12+/m0/s1. The van der Waals surface area contributed by atoms with E-state index in [9.17, 15) is 5.11 Å². The highest BCUT2D eigenvalue weighted by Gasteiger charge is 2.20. The molecule has 2 atom stereocenters. The average molecular weight is 182 g/mol. The van der Waals surface area contributed by atoms with Crippen molar-refractivity contribution in [2.24, 2.45) is 5.92 Å². The van der Waals surface area contributed by atoms with Crippen LogP contribution in [0.3, 0.4) is 0 Å². The Morgan fingerprint density at radius 3 is 2.69 bits per heavy atom. The summed E-state index contributed by atoms with van der Waals surface area (Å²) in [4.78, 5) is 0. The zero-order chi connectivity index (χ0) is 9.68. The van der Waals surface area contributed by atoms with Gasteiger partial charge in [-0.3, -0.25) is 0 Å². The van der Waals surface area contributed by atoms with Crippen molar-refractivity contribution in [2.45, 2.75) is 58.0 Å². The summed E-state index contributed by atoms with van der Waals surface area (Å²) >= 11 is 0. The predicted molar refractivity (Wildman–Crippen MR) is 56.6 cm³/mol. The molecular weight excluding hydrogens is 160 g/mol. The Hall–Kier alpha value is -0.300. The van der Waals surface area contributed by atoms with Gasteiger partial charge in [0.15, 0.2) is 0 Å². The van der Waals surface area contributed by atoms with E-state index in [-0.39, 0.29) is 6.10 Å². The number of hydrogen-bond donors (Lipinski definition) is 1. The summed E-state index contributed by atoms with van der Waals surface area (Å²) in [5, 5.41) is 9.83. The van der Waals surface area contributed by atoms with Gasteiger partial charge in [-0.05, 0) is 38.5 Å². The lowest BCUT2D eigenvalue weighted by atomic mass is 9.91. The van der Waals surface area contributed by atoms with E-state index >= 15 is 0 Å². The van der Waals surface area contributed by atoms with Crippen molar-refractivity contribution in [3.05, 3.63) is 12.2 Å². The first-order valence-electron chi connectivity index (χ1n) is 5.52. The van der Waals surface area contributed by atoms with Gasteiger partial charge in [0, 0.05) is 0 Å². The van der Waals surface area contributed by atoms with Crippen LogP contribution in [0.25, 0.3) is 0 Å². The van der Waals surface area contributed by atoms with E-state index in [1.165, 1.54) is 31.3 Å². The van der Waals surface area contributed by atoms with E-state index < -0.39 is 0 Å². The minimum absolute atomic E-state index is 0.0400. The largest absolute Gasteiger partial charge is 0.393 e. The fraction of sp³-hybridized carbons (Fsp3) is 0.833. The van der Waals surface area contributed by atoms with E-state index in [0.717, 1.165) is 19.3 Å². The number of rotatable bonds is 3. The maximum absolute atomic E-state index is 9.83. The molecule has 0 aromatic rings. The summed E-state index contributed by atoms with van der Waals surface area (Å²) < 4.78 is 0. The molecule has 1 N–H and O–H groups in total. The number of allylic oxidation sites excluding steroid dienone is 1. The Bertz CT molecular complexity index is 163. The number of aliphatic hydroxyl groups excluding tert-OH is 1. The zero-order valence-corrected chi connectivity index (χ0v) is 8.76. The Kier molecular flexibility index (Phi) is 4.51. The maximum Gasteiger partial charge on any atom is 0.0568 e. The highest BCUT2D eigenvalue weighted by atomic mass is 16.3. The van der Waals surface area contributed by atoms with Crippen molar-refractivity contribution in [1.82, 2.24) is 0 Å². The summed E-state index contributed by atoms with van der Waals surface area (Å²) in [6.07, 6.45) is 8.23. The van der Waals surface area contributed by atoms with Crippen molar-refractivity contribution < 1.29 is 5.11 Å². The van der Waals surface area contributed by atoms with E-state index in [0.29, 0.717) is 5.92 Å². The molecule has 0 aliphatic heterocycles. The minimum atomic E-state index is -0.0400. The molecule has 0 heterocycles. The summed E-state index contributed by atoms with van der Waals surface area (Å²) in [6.45, 7) is 5.98. The number of aliphatic hydroxyl groups is 1. The van der Waals surface area contributed by atoms with Gasteiger partial charge in [-0.2, -0.15) is 0 Å². The van der Waals surface area contributed by atoms with Gasteiger partial charge in [-0.15, -0.1) is 6.58 Å². The van der Waals surface area contributed by atoms with Crippen LogP contribution in [0.2, 0.25) is 0 Å². The maximum atomic E-state index is 9.83. The molecule has 0 aromatic carbocycles. The summed E-state index contributed by atoms with van der Waals surface area (Å²) in [7, 11) is 0. The van der Waals surface area contributed by atoms with Crippen LogP contribution in [0, 0.1) is 5.92 Å². The molecule has 0 unspecified atom stereocenters. The normalized spacial score (nSPS) is 29.7. The molecule has 76 valence electrons. The van der Waals surface area contributed by atoms with Crippen LogP contribution in [0.15, 0.2) is 12.2 Å². The second-order valence-corrected chi connectivity index (χ2v) is 4.46. The third-order valence-corrected chi connectivity index (χ3v) is 3.06. The third kappa shape index (κ3) is 3.95. The fourth-order valence-electron chi connectivity index (χ4n) is 2.13. The fourth-order valence-corrected chi connectivity index (χ4v) is 2.13. The molecule has 0 bridgehead atoms. The van der Waals surface area contributed by atoms with Gasteiger partial charge >= 0.3 is 0 Å². The van der Waals surface area contributed by atoms with Gasteiger partial charge in [0.2, 0.25) is 0 Å². The molecule has 0 aromatic heterocycles. The lowest BCUT2D eigenvalue weighted by molar-refractivity contribution is 0.0960. The summed E-state index contributed by atoms with van der Waals surface area (Å²) in [5.74, 6) is 0.541. The van der Waals surface area contributed by atoms with Crippen molar-refractivity contribution >= 4 is 0 Å². The molecule has 1 rings (SSSR count). The molecule has 13 heavy (non-hydrogen) atoms. The van der Waals surface area contributed by atoms with Crippen LogP contribution in [-0.4, -0.2) is 11.2 Å². The molecule has 0 spiro atoms. The predicted octanol–water partition coefficient (Wildman–Crippen LogP) is 3.28. The van der Waals surface area contributed by atoms with Gasteiger partial charge in [-0.1, -0.05) is 24.8 Å². The Morgan fingerprint density at radius 1 is 1.31 bits per heavy atom. The van der Waals surface area contributed by atoms with Gasteiger partial charge < -0.3 is 5.11 Å². The topological polar surface area (TPSA) is 20.2 Å². The van der Waals surface area contributed by atoms with Crippen molar-refractivity contribution in [1.29, 1.82) is 0 Å². The molecule has 1 nitrogen and oxygen atoms in total. The highest BCUT2D eigenvalue weighted by Crippen LogP contribution is 2.27. The van der Waals surface area contributed by atoms with Crippen molar-refractivity contribution in [3.8, 4) is 0 Å². The molecular formula is C12H22O. The minimum Gasteiger partial charge on any atom is -0.393 e. The third-order valence-electron chi connectivity index (χ3n) is 3.06. The summed E-state index contributed by atoms with van der Waals surface area (Å²) in [5.41, 5.74) is 1.25. The lowest BCUT2D eigenvalue weighted by Crippen LogP contribution is -2.18. The van der Waals surface area contributed by atoms with Crippen LogP contribution < -0.4 is 0 Å². The molecule has 0 amide bonds. The summed E-state index contributed by atoms with van der Waals surface area (Å²) in [6, 6.07) is 0. The second-order valence-electron chi connectivity index (χ2n) is 4.46. The van der Waals surface area contributed by atoms with E-state index in [1.807, 2.05) is 0 Å². The Balaban J connectivity index is 2.31. The SMILES string of the molecule is C=C(C)CC[C@@H]1CCCCC[C@H]1O. The van der Waals surface area contributed by atoms with Gasteiger partial charge in [0.05, 0.1) is 6.10 Å². The van der Waals surface area contributed by atoms with Crippen molar-refractivity contribution in [2.75, 3.05) is 0 Å². The molecule has 1 saturated carbocycles. The molecule has 1 fully saturated rings. The van der Waals surface area contributed by atoms with Gasteiger partial charge in [0.1, 0.15) is 0 Å². The van der Waals surface area contributed by atoms with E-state index in [2.05, 4.69) is 13.5 Å². The quantitative estimate of drug-likeness (QED) is 0.524. The zero-order valence-electron chi connectivity index (χ0n) is 8.76. The molecule has 1 heteroatoms. The smallest absolute Gasteiger partial charge is 0.0568 e. The Labute approximate surface area is 81.9 Å². The van der Waals surface area contributed by atoms with Gasteiger partial charge in [-0.25, -0.2) is 0 Å².